The van der Waals surface area contributed by atoms with Gasteiger partial charge in [-0.1, -0.05) is 57.1 Å². The summed E-state index contributed by atoms with van der Waals surface area (Å²) in [6.07, 6.45) is 16.5. The number of aliphatic hydroxyl groups is 2. The van der Waals surface area contributed by atoms with Crippen molar-refractivity contribution in [3.05, 3.63) is 12.2 Å². The van der Waals surface area contributed by atoms with Gasteiger partial charge in [-0.05, 0) is 49.9 Å². The molecule has 2 fully saturated rings. The van der Waals surface area contributed by atoms with E-state index < -0.39 is 5.97 Å². The molecule has 2 aliphatic carbocycles. The molecular weight excluding hydrogens is 316 g/mol. The number of aliphatic hydroxyl groups excluding tert-OH is 2. The molecule has 25 heavy (non-hydrogen) atoms. The lowest BCUT2D eigenvalue weighted by molar-refractivity contribution is -0.137. The van der Waals surface area contributed by atoms with E-state index >= 15 is 0 Å². The summed E-state index contributed by atoms with van der Waals surface area (Å²) in [5, 5.41) is 29.1. The van der Waals surface area contributed by atoms with E-state index in [-0.39, 0.29) is 18.6 Å². The maximum atomic E-state index is 10.5. The molecule has 0 radical (unpaired) electrons. The van der Waals surface area contributed by atoms with E-state index in [4.69, 9.17) is 5.11 Å². The lowest BCUT2D eigenvalue weighted by atomic mass is 9.88. The standard InChI is InChI=1S/C21H36O4/c22-18(15-16-7-5-6-8-16)13-11-17-12-14-20(23)19(17)9-3-1-2-4-10-21(24)25/h11,13,16-20,22-23H,1-10,12,14-15H2,(H,24,25)/t17-,18?,19+,20-/m0/s1. The molecule has 3 N–H and O–H groups in total. The monoisotopic (exact) mass is 352 g/mol. The lowest BCUT2D eigenvalue weighted by Crippen LogP contribution is -2.18. The van der Waals surface area contributed by atoms with Crippen molar-refractivity contribution in [3.63, 3.8) is 0 Å². The van der Waals surface area contributed by atoms with Crippen molar-refractivity contribution in [1.29, 1.82) is 0 Å². The van der Waals surface area contributed by atoms with Gasteiger partial charge in [-0.25, -0.2) is 0 Å². The van der Waals surface area contributed by atoms with Crippen LogP contribution in [0.1, 0.15) is 83.5 Å². The SMILES string of the molecule is O=C(O)CCCCCC[C@H]1[C@@H](O)CC[C@@H]1C=CC(O)CC1CCCC1. The van der Waals surface area contributed by atoms with Gasteiger partial charge >= 0.3 is 5.97 Å². The Labute approximate surface area is 152 Å². The second-order valence-corrected chi connectivity index (χ2v) is 8.16. The number of rotatable bonds is 11. The van der Waals surface area contributed by atoms with Crippen LogP contribution in [-0.4, -0.2) is 33.5 Å². The molecule has 4 nitrogen and oxygen atoms in total. The van der Waals surface area contributed by atoms with Crippen LogP contribution in [0.5, 0.6) is 0 Å². The molecule has 1 unspecified atom stereocenters. The van der Waals surface area contributed by atoms with Crippen LogP contribution in [0.4, 0.5) is 0 Å². The average molecular weight is 353 g/mol. The number of unbranched alkanes of at least 4 members (excludes halogenated alkanes) is 3. The zero-order valence-electron chi connectivity index (χ0n) is 15.5. The second-order valence-electron chi connectivity index (χ2n) is 8.16. The molecular formula is C21H36O4. The first kappa shape index (κ1) is 20.4. The zero-order chi connectivity index (χ0) is 18.1. The molecule has 2 aliphatic rings. The summed E-state index contributed by atoms with van der Waals surface area (Å²) in [6, 6.07) is 0. The van der Waals surface area contributed by atoms with Crippen LogP contribution in [0, 0.1) is 17.8 Å². The van der Waals surface area contributed by atoms with Crippen LogP contribution in [0.15, 0.2) is 12.2 Å². The van der Waals surface area contributed by atoms with Gasteiger partial charge in [0.2, 0.25) is 0 Å². The topological polar surface area (TPSA) is 77.8 Å². The van der Waals surface area contributed by atoms with Crippen LogP contribution in [0.3, 0.4) is 0 Å². The number of hydrogen-bond acceptors (Lipinski definition) is 3. The Hall–Kier alpha value is -0.870. The fourth-order valence-corrected chi connectivity index (χ4v) is 4.67. The van der Waals surface area contributed by atoms with Gasteiger partial charge in [0.05, 0.1) is 12.2 Å². The number of hydrogen-bond donors (Lipinski definition) is 3. The Kier molecular flexibility index (Phi) is 8.97. The van der Waals surface area contributed by atoms with E-state index in [2.05, 4.69) is 6.08 Å². The van der Waals surface area contributed by atoms with Crippen molar-refractivity contribution >= 4 is 5.97 Å². The minimum Gasteiger partial charge on any atom is -0.481 e. The third-order valence-corrected chi connectivity index (χ3v) is 6.15. The van der Waals surface area contributed by atoms with Crippen molar-refractivity contribution in [1.82, 2.24) is 0 Å². The highest BCUT2D eigenvalue weighted by molar-refractivity contribution is 5.66. The van der Waals surface area contributed by atoms with Gasteiger partial charge < -0.3 is 15.3 Å². The molecule has 0 aliphatic heterocycles. The van der Waals surface area contributed by atoms with Crippen molar-refractivity contribution in [2.45, 2.75) is 95.7 Å². The third kappa shape index (κ3) is 7.49. The van der Waals surface area contributed by atoms with E-state index in [0.717, 1.165) is 51.4 Å². The van der Waals surface area contributed by atoms with Crippen LogP contribution in [0.25, 0.3) is 0 Å². The van der Waals surface area contributed by atoms with Crippen LogP contribution < -0.4 is 0 Å². The highest BCUT2D eigenvalue weighted by Crippen LogP contribution is 2.37. The molecule has 0 aromatic carbocycles. The molecule has 0 saturated heterocycles. The summed E-state index contributed by atoms with van der Waals surface area (Å²) in [4.78, 5) is 10.5. The molecule has 4 heteroatoms. The van der Waals surface area contributed by atoms with E-state index in [9.17, 15) is 15.0 Å². The normalized spacial score (nSPS) is 28.8. The van der Waals surface area contributed by atoms with E-state index in [1.165, 1.54) is 25.7 Å². The predicted octanol–water partition coefficient (Wildman–Crippen LogP) is 4.30. The Balaban J connectivity index is 1.67. The lowest BCUT2D eigenvalue weighted by Gasteiger charge is -2.20. The van der Waals surface area contributed by atoms with Gasteiger partial charge in [0.25, 0.3) is 0 Å². The van der Waals surface area contributed by atoms with E-state index in [1.54, 1.807) is 0 Å². The maximum Gasteiger partial charge on any atom is 0.303 e. The molecule has 4 atom stereocenters. The van der Waals surface area contributed by atoms with Crippen molar-refractivity contribution < 1.29 is 20.1 Å². The molecule has 0 amide bonds. The zero-order valence-corrected chi connectivity index (χ0v) is 15.5. The van der Waals surface area contributed by atoms with Crippen LogP contribution in [-0.2, 0) is 4.79 Å². The first-order chi connectivity index (χ1) is 12.1. The van der Waals surface area contributed by atoms with Gasteiger partial charge in [-0.3, -0.25) is 4.79 Å². The number of carbonyl (C=O) groups is 1. The molecule has 144 valence electrons. The largest absolute Gasteiger partial charge is 0.481 e. The summed E-state index contributed by atoms with van der Waals surface area (Å²) in [5.41, 5.74) is 0. The number of aliphatic carboxylic acids is 1. The molecule has 2 saturated carbocycles. The van der Waals surface area contributed by atoms with Crippen molar-refractivity contribution in [3.8, 4) is 0 Å². The summed E-state index contributed by atoms with van der Waals surface area (Å²) < 4.78 is 0. The molecule has 0 bridgehead atoms. The second kappa shape index (κ2) is 11.0. The van der Waals surface area contributed by atoms with Gasteiger partial charge in [0.15, 0.2) is 0 Å². The summed E-state index contributed by atoms with van der Waals surface area (Å²) in [5.74, 6) is 0.657. The van der Waals surface area contributed by atoms with Crippen molar-refractivity contribution in [2.75, 3.05) is 0 Å². The van der Waals surface area contributed by atoms with Gasteiger partial charge in [0.1, 0.15) is 0 Å². The Morgan fingerprint density at radius 2 is 1.76 bits per heavy atom. The molecule has 0 aromatic rings. The highest BCUT2D eigenvalue weighted by Gasteiger charge is 2.32. The van der Waals surface area contributed by atoms with Gasteiger partial charge in [-0.2, -0.15) is 0 Å². The summed E-state index contributed by atoms with van der Waals surface area (Å²) >= 11 is 0. The number of allylic oxidation sites excluding steroid dienone is 1. The summed E-state index contributed by atoms with van der Waals surface area (Å²) in [7, 11) is 0. The average Bonchev–Trinajstić information content (AvgIpc) is 3.19. The van der Waals surface area contributed by atoms with E-state index in [0.29, 0.717) is 17.8 Å². The smallest absolute Gasteiger partial charge is 0.303 e. The Bertz CT molecular complexity index is 414. The predicted molar refractivity (Wildman–Crippen MR) is 99.3 cm³/mol. The fraction of sp³-hybridized carbons (Fsp3) is 0.857. The van der Waals surface area contributed by atoms with Crippen LogP contribution in [0.2, 0.25) is 0 Å². The highest BCUT2D eigenvalue weighted by atomic mass is 16.4. The quantitative estimate of drug-likeness (QED) is 0.383. The Morgan fingerprint density at radius 1 is 1.04 bits per heavy atom. The van der Waals surface area contributed by atoms with Gasteiger partial charge in [0, 0.05) is 6.42 Å². The molecule has 2 rings (SSSR count). The number of carboxylic acid groups (broad SMARTS) is 1. The molecule has 0 spiro atoms. The number of carboxylic acids is 1. The van der Waals surface area contributed by atoms with Crippen LogP contribution >= 0.6 is 0 Å². The minimum absolute atomic E-state index is 0.222. The molecule has 0 heterocycles. The Morgan fingerprint density at radius 3 is 2.48 bits per heavy atom. The molecule has 0 aromatic heterocycles. The third-order valence-electron chi connectivity index (χ3n) is 6.15. The maximum absolute atomic E-state index is 10.5. The minimum atomic E-state index is -0.715. The van der Waals surface area contributed by atoms with E-state index in [1.807, 2.05) is 6.08 Å². The fourth-order valence-electron chi connectivity index (χ4n) is 4.67. The summed E-state index contributed by atoms with van der Waals surface area (Å²) in [6.45, 7) is 0. The van der Waals surface area contributed by atoms with Gasteiger partial charge in [-0.15, -0.1) is 0 Å². The van der Waals surface area contributed by atoms with Crippen molar-refractivity contribution in [2.24, 2.45) is 17.8 Å². The first-order valence-corrected chi connectivity index (χ1v) is 10.3. The first-order valence-electron chi connectivity index (χ1n) is 10.3.